The first-order valence-electron chi connectivity index (χ1n) is 9.99. The Morgan fingerprint density at radius 3 is 2.65 bits per heavy atom. The maximum Gasteiger partial charge on any atom is 0.332 e. The lowest BCUT2D eigenvalue weighted by molar-refractivity contribution is -0.121. The molecule has 0 fully saturated rings. The van der Waals surface area contributed by atoms with E-state index in [1.165, 1.54) is 11.6 Å². The van der Waals surface area contributed by atoms with Crippen LogP contribution in [0.15, 0.2) is 27.8 Å². The van der Waals surface area contributed by atoms with E-state index in [0.717, 1.165) is 21.3 Å². The Hall–Kier alpha value is -3.62. The molecular formula is C22H24N4O5. The quantitative estimate of drug-likeness (QED) is 0.661. The molecule has 1 aromatic carbocycles. The van der Waals surface area contributed by atoms with Gasteiger partial charge in [0.2, 0.25) is 12.7 Å². The third-order valence-electron chi connectivity index (χ3n) is 5.70. The van der Waals surface area contributed by atoms with Gasteiger partial charge in [0.1, 0.15) is 5.65 Å². The van der Waals surface area contributed by atoms with Gasteiger partial charge < -0.3 is 14.8 Å². The first-order valence-corrected chi connectivity index (χ1v) is 9.99. The van der Waals surface area contributed by atoms with Crippen molar-refractivity contribution in [1.29, 1.82) is 0 Å². The Bertz CT molecular complexity index is 1320. The van der Waals surface area contributed by atoms with Crippen LogP contribution in [-0.2, 0) is 31.9 Å². The zero-order chi connectivity index (χ0) is 22.3. The van der Waals surface area contributed by atoms with Crippen molar-refractivity contribution in [2.75, 3.05) is 6.79 Å². The summed E-state index contributed by atoms with van der Waals surface area (Å²) in [4.78, 5) is 41.8. The Balaban J connectivity index is 1.50. The lowest BCUT2D eigenvalue weighted by Crippen LogP contribution is -2.38. The van der Waals surface area contributed by atoms with Crippen LogP contribution in [0.25, 0.3) is 11.0 Å². The van der Waals surface area contributed by atoms with E-state index < -0.39 is 5.69 Å². The molecule has 2 aromatic heterocycles. The second-order valence-electron chi connectivity index (χ2n) is 7.67. The van der Waals surface area contributed by atoms with Gasteiger partial charge in [0, 0.05) is 32.8 Å². The van der Waals surface area contributed by atoms with Crippen molar-refractivity contribution in [2.24, 2.45) is 14.1 Å². The number of hydrogen-bond acceptors (Lipinski definition) is 6. The van der Waals surface area contributed by atoms with Crippen LogP contribution in [0.5, 0.6) is 11.5 Å². The average Bonchev–Trinajstić information content (AvgIpc) is 3.22. The van der Waals surface area contributed by atoms with Crippen LogP contribution >= 0.6 is 0 Å². The highest BCUT2D eigenvalue weighted by Gasteiger charge is 2.18. The molecule has 0 saturated carbocycles. The summed E-state index contributed by atoms with van der Waals surface area (Å²) in [5.74, 6) is 1.27. The third kappa shape index (κ3) is 3.67. The molecule has 0 aliphatic carbocycles. The molecule has 9 heteroatoms. The molecule has 0 unspecified atom stereocenters. The van der Waals surface area contributed by atoms with E-state index in [4.69, 9.17) is 9.47 Å². The van der Waals surface area contributed by atoms with E-state index in [0.29, 0.717) is 41.2 Å². The first-order chi connectivity index (χ1) is 14.8. The van der Waals surface area contributed by atoms with Crippen molar-refractivity contribution < 1.29 is 14.3 Å². The van der Waals surface area contributed by atoms with Crippen LogP contribution in [0.4, 0.5) is 0 Å². The minimum Gasteiger partial charge on any atom is -0.454 e. The standard InChI is InChI=1S/C22H24N4O5/c1-12-15(13(2)24-20-19(12)21(28)26(4)22(29)25(20)3)6-8-18(27)23-10-14-5-7-16-17(9-14)31-11-30-16/h5,7,9H,6,8,10-11H2,1-4H3,(H,23,27). The molecular weight excluding hydrogens is 400 g/mol. The van der Waals surface area contributed by atoms with Gasteiger partial charge in [-0.25, -0.2) is 9.78 Å². The van der Waals surface area contributed by atoms with Crippen molar-refractivity contribution in [3.63, 3.8) is 0 Å². The van der Waals surface area contributed by atoms with Crippen LogP contribution in [-0.4, -0.2) is 26.8 Å². The van der Waals surface area contributed by atoms with Gasteiger partial charge in [-0.05, 0) is 49.1 Å². The monoisotopic (exact) mass is 424 g/mol. The van der Waals surface area contributed by atoms with Gasteiger partial charge in [-0.2, -0.15) is 0 Å². The van der Waals surface area contributed by atoms with Crippen LogP contribution in [0.1, 0.15) is 28.8 Å². The highest BCUT2D eigenvalue weighted by Crippen LogP contribution is 2.32. The molecule has 3 heterocycles. The zero-order valence-corrected chi connectivity index (χ0v) is 17.9. The number of nitrogens with one attached hydrogen (secondary N) is 1. The summed E-state index contributed by atoms with van der Waals surface area (Å²) in [5, 5.41) is 3.31. The second-order valence-corrected chi connectivity index (χ2v) is 7.67. The van der Waals surface area contributed by atoms with E-state index >= 15 is 0 Å². The third-order valence-corrected chi connectivity index (χ3v) is 5.70. The van der Waals surface area contributed by atoms with Gasteiger partial charge in [0.25, 0.3) is 5.56 Å². The zero-order valence-electron chi connectivity index (χ0n) is 17.9. The molecule has 1 aliphatic heterocycles. The lowest BCUT2D eigenvalue weighted by atomic mass is 10.00. The molecule has 0 spiro atoms. The Morgan fingerprint density at radius 2 is 1.87 bits per heavy atom. The number of carbonyl (C=O) groups excluding carboxylic acids is 1. The normalized spacial score (nSPS) is 12.4. The predicted molar refractivity (Wildman–Crippen MR) is 114 cm³/mol. The second kappa shape index (κ2) is 7.90. The lowest BCUT2D eigenvalue weighted by Gasteiger charge is -2.15. The summed E-state index contributed by atoms with van der Waals surface area (Å²) < 4.78 is 13.1. The molecule has 0 saturated heterocycles. The number of aryl methyl sites for hydroxylation is 3. The van der Waals surface area contributed by atoms with Gasteiger partial charge in [-0.3, -0.25) is 18.7 Å². The number of aromatic nitrogens is 3. The van der Waals surface area contributed by atoms with Crippen molar-refractivity contribution in [3.8, 4) is 11.5 Å². The summed E-state index contributed by atoms with van der Waals surface area (Å²) >= 11 is 0. The minimum absolute atomic E-state index is 0.107. The smallest absolute Gasteiger partial charge is 0.332 e. The van der Waals surface area contributed by atoms with Gasteiger partial charge >= 0.3 is 5.69 Å². The van der Waals surface area contributed by atoms with E-state index in [1.807, 2.05) is 32.0 Å². The Kier molecular flexibility index (Phi) is 5.26. The number of ether oxygens (including phenoxy) is 2. The summed E-state index contributed by atoms with van der Waals surface area (Å²) in [6.45, 7) is 4.25. The summed E-state index contributed by atoms with van der Waals surface area (Å²) in [7, 11) is 3.05. The van der Waals surface area contributed by atoms with Crippen LogP contribution in [0, 0.1) is 13.8 Å². The predicted octanol–water partition coefficient (Wildman–Crippen LogP) is 1.23. The number of benzene rings is 1. The fraction of sp³-hybridized carbons (Fsp3) is 0.364. The number of rotatable bonds is 5. The summed E-state index contributed by atoms with van der Waals surface area (Å²) in [6, 6.07) is 5.56. The largest absolute Gasteiger partial charge is 0.454 e. The van der Waals surface area contributed by atoms with Gasteiger partial charge in [-0.15, -0.1) is 0 Å². The number of carbonyl (C=O) groups is 1. The van der Waals surface area contributed by atoms with E-state index in [9.17, 15) is 14.4 Å². The molecule has 1 amide bonds. The molecule has 4 rings (SSSR count). The number of pyridine rings is 1. The van der Waals surface area contributed by atoms with E-state index in [-0.39, 0.29) is 24.7 Å². The maximum atomic E-state index is 12.7. The van der Waals surface area contributed by atoms with Gasteiger partial charge in [0.15, 0.2) is 11.5 Å². The van der Waals surface area contributed by atoms with Crippen LogP contribution < -0.4 is 26.0 Å². The highest BCUT2D eigenvalue weighted by molar-refractivity contribution is 5.80. The summed E-state index contributed by atoms with van der Waals surface area (Å²) in [6.07, 6.45) is 0.699. The number of fused-ring (bicyclic) bond motifs is 2. The molecule has 1 N–H and O–H groups in total. The molecule has 9 nitrogen and oxygen atoms in total. The fourth-order valence-electron chi connectivity index (χ4n) is 3.89. The van der Waals surface area contributed by atoms with Gasteiger partial charge in [0.05, 0.1) is 5.39 Å². The van der Waals surface area contributed by atoms with Crippen molar-refractivity contribution in [2.45, 2.75) is 33.2 Å². The fourth-order valence-corrected chi connectivity index (χ4v) is 3.89. The molecule has 1 aliphatic rings. The molecule has 31 heavy (non-hydrogen) atoms. The number of nitrogens with zero attached hydrogens (tertiary/aromatic N) is 3. The maximum absolute atomic E-state index is 12.7. The van der Waals surface area contributed by atoms with E-state index in [1.54, 1.807) is 7.05 Å². The van der Waals surface area contributed by atoms with Crippen molar-refractivity contribution >= 4 is 16.9 Å². The van der Waals surface area contributed by atoms with E-state index in [2.05, 4.69) is 10.3 Å². The molecule has 0 atom stereocenters. The minimum atomic E-state index is -0.417. The SMILES string of the molecule is Cc1nc2c(c(C)c1CCC(=O)NCc1ccc3c(c1)OCO3)c(=O)n(C)c(=O)n2C. The molecule has 3 aromatic rings. The highest BCUT2D eigenvalue weighted by atomic mass is 16.7. The van der Waals surface area contributed by atoms with Crippen molar-refractivity contribution in [1.82, 2.24) is 19.4 Å². The Labute approximate surface area is 178 Å². The average molecular weight is 424 g/mol. The topological polar surface area (TPSA) is 104 Å². The van der Waals surface area contributed by atoms with Crippen molar-refractivity contribution in [3.05, 3.63) is 61.4 Å². The Morgan fingerprint density at radius 1 is 1.13 bits per heavy atom. The molecule has 0 radical (unpaired) electrons. The summed E-state index contributed by atoms with van der Waals surface area (Å²) in [5.41, 5.74) is 2.79. The molecule has 162 valence electrons. The van der Waals surface area contributed by atoms with Crippen LogP contribution in [0.3, 0.4) is 0 Å². The number of amides is 1. The first kappa shape index (κ1) is 20.6. The van der Waals surface area contributed by atoms with Crippen LogP contribution in [0.2, 0.25) is 0 Å². The molecule has 0 bridgehead atoms. The number of hydrogen-bond donors (Lipinski definition) is 1. The van der Waals surface area contributed by atoms with Gasteiger partial charge in [-0.1, -0.05) is 6.07 Å².